The van der Waals surface area contributed by atoms with Gasteiger partial charge >= 0.3 is 5.97 Å². The molecule has 0 saturated carbocycles. The first-order valence-electron chi connectivity index (χ1n) is 3.77. The van der Waals surface area contributed by atoms with E-state index in [9.17, 15) is 13.2 Å². The molecule has 0 atom stereocenters. The van der Waals surface area contributed by atoms with Crippen molar-refractivity contribution in [2.75, 3.05) is 7.11 Å². The molecule has 0 aromatic heterocycles. The molecule has 1 aromatic carbocycles. The normalized spacial score (nSPS) is 11.1. The van der Waals surface area contributed by atoms with Crippen LogP contribution in [0, 0.1) is 0 Å². The van der Waals surface area contributed by atoms with E-state index in [1.165, 1.54) is 19.2 Å². The van der Waals surface area contributed by atoms with Gasteiger partial charge in [-0.2, -0.15) is 0 Å². The summed E-state index contributed by atoms with van der Waals surface area (Å²) in [6, 6.07) is 3.56. The molecule has 82 valence electrons. The number of rotatable bonds is 2. The number of esters is 1. The van der Waals surface area contributed by atoms with Gasteiger partial charge in [0.15, 0.2) is 0 Å². The van der Waals surface area contributed by atoms with Crippen LogP contribution in [0.4, 0.5) is 0 Å². The van der Waals surface area contributed by atoms with Crippen molar-refractivity contribution < 1.29 is 17.9 Å². The molecular formula is C8H8ClNO4S. The summed E-state index contributed by atoms with van der Waals surface area (Å²) in [5.41, 5.74) is -0.0364. The van der Waals surface area contributed by atoms with E-state index in [0.717, 1.165) is 6.07 Å². The first kappa shape index (κ1) is 12.0. The van der Waals surface area contributed by atoms with Crippen LogP contribution in [0.15, 0.2) is 23.1 Å². The number of methoxy groups -OCH3 is 1. The van der Waals surface area contributed by atoms with E-state index in [1.807, 2.05) is 0 Å². The van der Waals surface area contributed by atoms with Gasteiger partial charge in [-0.25, -0.2) is 18.4 Å². The lowest BCUT2D eigenvalue weighted by molar-refractivity contribution is 0.0600. The molecule has 2 N–H and O–H groups in total. The minimum Gasteiger partial charge on any atom is -0.465 e. The Morgan fingerprint density at radius 2 is 2.07 bits per heavy atom. The molecule has 0 unspecified atom stereocenters. The van der Waals surface area contributed by atoms with Crippen molar-refractivity contribution in [3.05, 3.63) is 28.8 Å². The fraction of sp³-hybridized carbons (Fsp3) is 0.125. The maximum Gasteiger partial charge on any atom is 0.339 e. The van der Waals surface area contributed by atoms with Gasteiger partial charge in [0.1, 0.15) is 0 Å². The lowest BCUT2D eigenvalue weighted by atomic mass is 10.2. The van der Waals surface area contributed by atoms with Crippen molar-refractivity contribution in [3.8, 4) is 0 Å². The van der Waals surface area contributed by atoms with Gasteiger partial charge in [-0.15, -0.1) is 0 Å². The van der Waals surface area contributed by atoms with Gasteiger partial charge < -0.3 is 4.74 Å². The first-order chi connectivity index (χ1) is 6.86. The van der Waals surface area contributed by atoms with Gasteiger partial charge in [-0.05, 0) is 18.2 Å². The van der Waals surface area contributed by atoms with Gasteiger partial charge in [-0.3, -0.25) is 0 Å². The molecule has 0 spiro atoms. The van der Waals surface area contributed by atoms with Crippen LogP contribution in [-0.2, 0) is 14.8 Å². The second-order valence-electron chi connectivity index (χ2n) is 2.68. The number of nitrogens with two attached hydrogens (primary N) is 1. The predicted octanol–water partition coefficient (Wildman–Crippen LogP) is 0.774. The van der Waals surface area contributed by atoms with Crippen LogP contribution in [0.25, 0.3) is 0 Å². The lowest BCUT2D eigenvalue weighted by Gasteiger charge is -2.04. The zero-order valence-electron chi connectivity index (χ0n) is 7.73. The van der Waals surface area contributed by atoms with Gasteiger partial charge in [0.05, 0.1) is 22.6 Å². The number of carbonyl (C=O) groups excluding carboxylic acids is 1. The van der Waals surface area contributed by atoms with Crippen molar-refractivity contribution in [3.63, 3.8) is 0 Å². The van der Waals surface area contributed by atoms with Crippen LogP contribution >= 0.6 is 11.6 Å². The SMILES string of the molecule is COC(=O)c1cc(S(N)(=O)=O)ccc1Cl. The molecule has 1 rings (SSSR count). The van der Waals surface area contributed by atoms with E-state index >= 15 is 0 Å². The summed E-state index contributed by atoms with van der Waals surface area (Å²) in [5, 5.41) is 5.00. The minimum absolute atomic E-state index is 0.0364. The van der Waals surface area contributed by atoms with Crippen LogP contribution in [-0.4, -0.2) is 21.5 Å². The molecule has 0 heterocycles. The number of hydrogen-bond donors (Lipinski definition) is 1. The molecule has 0 aliphatic carbocycles. The fourth-order valence-electron chi connectivity index (χ4n) is 0.948. The quantitative estimate of drug-likeness (QED) is 0.785. The first-order valence-corrected chi connectivity index (χ1v) is 5.69. The Kier molecular flexibility index (Phi) is 3.33. The van der Waals surface area contributed by atoms with E-state index in [2.05, 4.69) is 4.74 Å². The fourth-order valence-corrected chi connectivity index (χ4v) is 1.68. The highest BCUT2D eigenvalue weighted by Crippen LogP contribution is 2.20. The second-order valence-corrected chi connectivity index (χ2v) is 4.65. The van der Waals surface area contributed by atoms with Crippen molar-refractivity contribution in [1.29, 1.82) is 0 Å². The Balaban J connectivity index is 3.36. The van der Waals surface area contributed by atoms with E-state index in [0.29, 0.717) is 0 Å². The molecule has 7 heteroatoms. The largest absolute Gasteiger partial charge is 0.465 e. The number of primary sulfonamides is 1. The summed E-state index contributed by atoms with van der Waals surface area (Å²) in [7, 11) is -2.68. The van der Waals surface area contributed by atoms with Crippen molar-refractivity contribution >= 4 is 27.6 Å². The van der Waals surface area contributed by atoms with E-state index in [-0.39, 0.29) is 15.5 Å². The average Bonchev–Trinajstić information content (AvgIpc) is 2.15. The molecule has 1 aromatic rings. The highest BCUT2D eigenvalue weighted by atomic mass is 35.5. The standard InChI is InChI=1S/C8H8ClNO4S/c1-14-8(11)6-4-5(15(10,12)13)2-3-7(6)9/h2-4H,1H3,(H2,10,12,13). The molecule has 0 amide bonds. The maximum atomic E-state index is 11.2. The average molecular weight is 250 g/mol. The van der Waals surface area contributed by atoms with Gasteiger partial charge in [0.25, 0.3) is 0 Å². The van der Waals surface area contributed by atoms with Crippen molar-refractivity contribution in [1.82, 2.24) is 0 Å². The molecular weight excluding hydrogens is 242 g/mol. The van der Waals surface area contributed by atoms with Gasteiger partial charge in [0, 0.05) is 0 Å². The van der Waals surface area contributed by atoms with Crippen LogP contribution < -0.4 is 5.14 Å². The highest BCUT2D eigenvalue weighted by Gasteiger charge is 2.15. The molecule has 0 aliphatic rings. The zero-order chi connectivity index (χ0) is 11.6. The number of hydrogen-bond acceptors (Lipinski definition) is 4. The molecule has 0 aliphatic heterocycles. The molecule has 0 radical (unpaired) electrons. The van der Waals surface area contributed by atoms with Crippen molar-refractivity contribution in [2.45, 2.75) is 4.90 Å². The molecule has 0 saturated heterocycles. The smallest absolute Gasteiger partial charge is 0.339 e. The second kappa shape index (κ2) is 4.18. The third-order valence-corrected chi connectivity index (χ3v) is 2.91. The number of carbonyl (C=O) groups is 1. The molecule has 0 bridgehead atoms. The number of sulfonamides is 1. The van der Waals surface area contributed by atoms with Gasteiger partial charge in [-0.1, -0.05) is 11.6 Å². The Hall–Kier alpha value is -1.11. The van der Waals surface area contributed by atoms with E-state index in [1.54, 1.807) is 0 Å². The van der Waals surface area contributed by atoms with Crippen LogP contribution in [0.1, 0.15) is 10.4 Å². The van der Waals surface area contributed by atoms with E-state index < -0.39 is 16.0 Å². The van der Waals surface area contributed by atoms with Crippen LogP contribution in [0.5, 0.6) is 0 Å². The Morgan fingerprint density at radius 3 is 2.53 bits per heavy atom. The summed E-state index contributed by atoms with van der Waals surface area (Å²) in [5.74, 6) is -0.717. The monoisotopic (exact) mass is 249 g/mol. The molecule has 5 nitrogen and oxygen atoms in total. The third kappa shape index (κ3) is 2.68. The van der Waals surface area contributed by atoms with E-state index in [4.69, 9.17) is 16.7 Å². The lowest BCUT2D eigenvalue weighted by Crippen LogP contribution is -2.13. The number of benzene rings is 1. The van der Waals surface area contributed by atoms with Gasteiger partial charge in [0.2, 0.25) is 10.0 Å². The topological polar surface area (TPSA) is 86.5 Å². The number of ether oxygens (including phenoxy) is 1. The zero-order valence-corrected chi connectivity index (χ0v) is 9.30. The Morgan fingerprint density at radius 1 is 1.47 bits per heavy atom. The summed E-state index contributed by atoms with van der Waals surface area (Å²) < 4.78 is 26.4. The summed E-state index contributed by atoms with van der Waals surface area (Å²) in [4.78, 5) is 11.0. The maximum absolute atomic E-state index is 11.2. The molecule has 15 heavy (non-hydrogen) atoms. The van der Waals surface area contributed by atoms with Crippen molar-refractivity contribution in [2.24, 2.45) is 5.14 Å². The summed E-state index contributed by atoms with van der Waals surface area (Å²) in [6.45, 7) is 0. The minimum atomic E-state index is -3.85. The third-order valence-electron chi connectivity index (χ3n) is 1.67. The summed E-state index contributed by atoms with van der Waals surface area (Å²) in [6.07, 6.45) is 0. The Labute approximate surface area is 91.8 Å². The molecule has 0 fully saturated rings. The Bertz CT molecular complexity index is 497. The highest BCUT2D eigenvalue weighted by molar-refractivity contribution is 7.89. The van der Waals surface area contributed by atoms with Crippen LogP contribution in [0.3, 0.4) is 0 Å². The predicted molar refractivity (Wildman–Crippen MR) is 54.2 cm³/mol. The number of halogens is 1. The van der Waals surface area contributed by atoms with Crippen LogP contribution in [0.2, 0.25) is 5.02 Å². The summed E-state index contributed by atoms with van der Waals surface area (Å²) >= 11 is 5.68.